The van der Waals surface area contributed by atoms with Gasteiger partial charge in [-0.05, 0) is 39.3 Å². The molecule has 0 fully saturated rings. The van der Waals surface area contributed by atoms with E-state index in [1.54, 1.807) is 0 Å². The summed E-state index contributed by atoms with van der Waals surface area (Å²) in [4.78, 5) is 9.89. The minimum absolute atomic E-state index is 0.638. The smallest absolute Gasteiger partial charge is 0.199 e. The Hall–Kier alpha value is 0.571. The minimum Gasteiger partial charge on any atom is -0.456 e. The van der Waals surface area contributed by atoms with Gasteiger partial charge in [0.25, 0.3) is 0 Å². The summed E-state index contributed by atoms with van der Waals surface area (Å²) in [5.74, 6) is 0. The second-order valence-electron chi connectivity index (χ2n) is 4.08. The molecule has 0 aliphatic heterocycles. The molecule has 5 heteroatoms. The summed E-state index contributed by atoms with van der Waals surface area (Å²) in [7, 11) is -4.37. The van der Waals surface area contributed by atoms with Crippen molar-refractivity contribution in [2.24, 2.45) is 0 Å². The SMILES string of the molecule is C[Si](C)O[Si](C)(C)[Si](C)(C)O. The molecule has 0 bridgehead atoms. The standard InChI is InChI=1S/C6H19O2Si3/c1-9(2)8-11(5,6)10(3,4)7/h7H,1-6H3. The average Bonchev–Trinajstić information content (AvgIpc) is 1.56. The molecule has 0 aliphatic carbocycles. The Labute approximate surface area is 73.4 Å². The van der Waals surface area contributed by atoms with Crippen molar-refractivity contribution in [1.29, 1.82) is 0 Å². The van der Waals surface area contributed by atoms with Crippen molar-refractivity contribution in [3.63, 3.8) is 0 Å². The van der Waals surface area contributed by atoms with E-state index in [1.807, 2.05) is 13.1 Å². The van der Waals surface area contributed by atoms with Crippen LogP contribution < -0.4 is 0 Å². The molecule has 11 heavy (non-hydrogen) atoms. The van der Waals surface area contributed by atoms with Crippen molar-refractivity contribution in [1.82, 2.24) is 0 Å². The third-order valence-electron chi connectivity index (χ3n) is 1.93. The number of hydrogen-bond acceptors (Lipinski definition) is 2. The summed E-state index contributed by atoms with van der Waals surface area (Å²) in [6, 6.07) is 0. The van der Waals surface area contributed by atoms with Gasteiger partial charge in [0.2, 0.25) is 0 Å². The Kier molecular flexibility index (Phi) is 3.71. The fraction of sp³-hybridized carbons (Fsp3) is 1.00. The van der Waals surface area contributed by atoms with Gasteiger partial charge in [0.15, 0.2) is 24.7 Å². The van der Waals surface area contributed by atoms with Gasteiger partial charge in [0.05, 0.1) is 0 Å². The van der Waals surface area contributed by atoms with Gasteiger partial charge in [-0.3, -0.25) is 0 Å². The van der Waals surface area contributed by atoms with Gasteiger partial charge in [0.1, 0.15) is 0 Å². The normalized spacial score (nSPS) is 14.2. The first kappa shape index (κ1) is 11.6. The van der Waals surface area contributed by atoms with Crippen LogP contribution in [0.1, 0.15) is 0 Å². The summed E-state index contributed by atoms with van der Waals surface area (Å²) < 4.78 is 5.85. The van der Waals surface area contributed by atoms with Crippen LogP contribution in [0.4, 0.5) is 0 Å². The van der Waals surface area contributed by atoms with Crippen LogP contribution in [-0.4, -0.2) is 29.5 Å². The van der Waals surface area contributed by atoms with Gasteiger partial charge in [0, 0.05) is 0 Å². The van der Waals surface area contributed by atoms with Gasteiger partial charge in [-0.25, -0.2) is 0 Å². The first-order valence-electron chi connectivity index (χ1n) is 3.88. The monoisotopic (exact) mass is 207 g/mol. The summed E-state index contributed by atoms with van der Waals surface area (Å²) in [6.07, 6.45) is 0. The number of hydrogen-bond donors (Lipinski definition) is 1. The lowest BCUT2D eigenvalue weighted by atomic mass is 11.9. The first-order chi connectivity index (χ1) is 4.67. The number of rotatable bonds is 3. The van der Waals surface area contributed by atoms with Crippen LogP contribution in [0.15, 0.2) is 0 Å². The lowest BCUT2D eigenvalue weighted by molar-refractivity contribution is 0.533. The topological polar surface area (TPSA) is 29.5 Å². The van der Waals surface area contributed by atoms with E-state index in [9.17, 15) is 4.80 Å². The van der Waals surface area contributed by atoms with E-state index in [4.69, 9.17) is 4.12 Å². The highest BCUT2D eigenvalue weighted by atomic mass is 29.3. The molecule has 0 atom stereocenters. The Morgan fingerprint density at radius 2 is 1.45 bits per heavy atom. The van der Waals surface area contributed by atoms with Crippen molar-refractivity contribution in [2.45, 2.75) is 39.3 Å². The maximum atomic E-state index is 9.89. The third kappa shape index (κ3) is 3.66. The Morgan fingerprint density at radius 1 is 1.09 bits per heavy atom. The van der Waals surface area contributed by atoms with Gasteiger partial charge >= 0.3 is 0 Å². The van der Waals surface area contributed by atoms with Crippen LogP contribution in [0, 0.1) is 0 Å². The molecule has 0 aromatic heterocycles. The Bertz CT molecular complexity index is 128. The molecule has 2 nitrogen and oxygen atoms in total. The summed E-state index contributed by atoms with van der Waals surface area (Å²) in [5, 5.41) is 0. The van der Waals surface area contributed by atoms with E-state index >= 15 is 0 Å². The predicted molar refractivity (Wildman–Crippen MR) is 55.7 cm³/mol. The van der Waals surface area contributed by atoms with Crippen LogP contribution in [0.25, 0.3) is 0 Å². The highest BCUT2D eigenvalue weighted by molar-refractivity contribution is 7.35. The molecule has 0 unspecified atom stereocenters. The molecule has 0 spiro atoms. The molecule has 0 rings (SSSR count). The molecule has 1 radical (unpaired) electrons. The first-order valence-corrected chi connectivity index (χ1v) is 13.1. The molecule has 0 aliphatic rings. The molecular formula is C6H19O2Si3. The molecule has 0 heterocycles. The summed E-state index contributed by atoms with van der Waals surface area (Å²) in [5.41, 5.74) is 0. The highest BCUT2D eigenvalue weighted by Gasteiger charge is 2.42. The van der Waals surface area contributed by atoms with E-state index < -0.39 is 24.7 Å². The summed E-state index contributed by atoms with van der Waals surface area (Å²) >= 11 is 0. The zero-order valence-electron chi connectivity index (χ0n) is 8.36. The van der Waals surface area contributed by atoms with Crippen molar-refractivity contribution in [3.05, 3.63) is 0 Å². The van der Waals surface area contributed by atoms with Crippen LogP contribution in [0.2, 0.25) is 39.3 Å². The van der Waals surface area contributed by atoms with Crippen molar-refractivity contribution in [2.75, 3.05) is 0 Å². The Morgan fingerprint density at radius 3 is 1.55 bits per heavy atom. The fourth-order valence-electron chi connectivity index (χ4n) is 0.635. The lowest BCUT2D eigenvalue weighted by Crippen LogP contribution is -2.58. The van der Waals surface area contributed by atoms with Crippen LogP contribution >= 0.6 is 0 Å². The zero-order valence-corrected chi connectivity index (χ0v) is 11.4. The maximum Gasteiger partial charge on any atom is 0.199 e. The molecule has 0 amide bonds. The van der Waals surface area contributed by atoms with E-state index in [0.29, 0.717) is 0 Å². The predicted octanol–water partition coefficient (Wildman–Crippen LogP) is 1.73. The van der Waals surface area contributed by atoms with Crippen molar-refractivity contribution in [3.8, 4) is 0 Å². The minimum atomic E-state index is -2.01. The molecule has 0 saturated carbocycles. The lowest BCUT2D eigenvalue weighted by Gasteiger charge is -2.34. The molecule has 0 aromatic rings. The van der Waals surface area contributed by atoms with Crippen molar-refractivity contribution < 1.29 is 8.91 Å². The van der Waals surface area contributed by atoms with Gasteiger partial charge in [-0.1, -0.05) is 0 Å². The average molecular weight is 207 g/mol. The van der Waals surface area contributed by atoms with Crippen molar-refractivity contribution >= 4 is 24.7 Å². The fourth-order valence-corrected chi connectivity index (χ4v) is 9.80. The zero-order chi connectivity index (χ0) is 9.28. The van der Waals surface area contributed by atoms with Crippen LogP contribution in [0.5, 0.6) is 0 Å². The van der Waals surface area contributed by atoms with Gasteiger partial charge in [-0.15, -0.1) is 0 Å². The quantitative estimate of drug-likeness (QED) is 0.714. The molecular weight excluding hydrogens is 188 g/mol. The van der Waals surface area contributed by atoms with Gasteiger partial charge in [-0.2, -0.15) is 0 Å². The van der Waals surface area contributed by atoms with E-state index in [0.717, 1.165) is 0 Å². The second-order valence-corrected chi connectivity index (χ2v) is 20.1. The molecule has 1 N–H and O–H groups in total. The van der Waals surface area contributed by atoms with Gasteiger partial charge < -0.3 is 8.91 Å². The van der Waals surface area contributed by atoms with E-state index in [-0.39, 0.29) is 0 Å². The second kappa shape index (κ2) is 3.53. The van der Waals surface area contributed by atoms with E-state index in [2.05, 4.69) is 26.2 Å². The summed E-state index contributed by atoms with van der Waals surface area (Å²) in [6.45, 7) is 12.4. The van der Waals surface area contributed by atoms with Crippen LogP contribution in [-0.2, 0) is 4.12 Å². The largest absolute Gasteiger partial charge is 0.456 e. The maximum absolute atomic E-state index is 9.89. The van der Waals surface area contributed by atoms with Crippen LogP contribution in [0.3, 0.4) is 0 Å². The van der Waals surface area contributed by atoms with E-state index in [1.165, 1.54) is 0 Å². The molecule has 0 aromatic carbocycles. The molecule has 0 saturated heterocycles. The third-order valence-corrected chi connectivity index (χ3v) is 18.3. The Balaban J connectivity index is 4.22. The molecule has 67 valence electrons. The highest BCUT2D eigenvalue weighted by Crippen LogP contribution is 2.17.